The van der Waals surface area contributed by atoms with Crippen molar-refractivity contribution >= 4 is 16.8 Å². The van der Waals surface area contributed by atoms with Crippen LogP contribution < -0.4 is 5.32 Å². The first-order valence-electron chi connectivity index (χ1n) is 6.08. The zero-order valence-corrected chi connectivity index (χ0v) is 10.7. The molecule has 1 aromatic carbocycles. The molecule has 18 heavy (non-hydrogen) atoms. The highest BCUT2D eigenvalue weighted by Crippen LogP contribution is 2.16. The minimum Gasteiger partial charge on any atom is -0.385 e. The topological polar surface area (TPSA) is 54.1 Å². The molecule has 1 amide bonds. The Morgan fingerprint density at radius 3 is 3.06 bits per heavy atom. The Kier molecular flexibility index (Phi) is 3.99. The van der Waals surface area contributed by atoms with Gasteiger partial charge in [-0.1, -0.05) is 12.1 Å². The molecular weight excluding hydrogens is 228 g/mol. The second kappa shape index (κ2) is 5.69. The lowest BCUT2D eigenvalue weighted by atomic mass is 10.1. The highest BCUT2D eigenvalue weighted by molar-refractivity contribution is 6.05. The fourth-order valence-electron chi connectivity index (χ4n) is 1.94. The molecule has 0 aliphatic carbocycles. The molecule has 1 atom stereocenters. The van der Waals surface area contributed by atoms with Gasteiger partial charge in [-0.2, -0.15) is 0 Å². The predicted octanol–water partition coefficient (Wildman–Crippen LogP) is 2.32. The lowest BCUT2D eigenvalue weighted by Gasteiger charge is -2.13. The van der Waals surface area contributed by atoms with Gasteiger partial charge in [0.15, 0.2) is 0 Å². The molecule has 1 unspecified atom stereocenters. The summed E-state index contributed by atoms with van der Waals surface area (Å²) in [6, 6.07) is 7.77. The van der Waals surface area contributed by atoms with Gasteiger partial charge in [0.2, 0.25) is 0 Å². The number of H-pyrrole nitrogens is 1. The van der Waals surface area contributed by atoms with Crippen LogP contribution in [0.2, 0.25) is 0 Å². The maximum absolute atomic E-state index is 12.2. The van der Waals surface area contributed by atoms with E-state index >= 15 is 0 Å². The molecule has 0 saturated carbocycles. The average molecular weight is 246 g/mol. The first kappa shape index (κ1) is 12.6. The second-order valence-electron chi connectivity index (χ2n) is 4.40. The smallest absolute Gasteiger partial charge is 0.253 e. The molecule has 0 radical (unpaired) electrons. The number of nitrogens with one attached hydrogen (secondary N) is 2. The summed E-state index contributed by atoms with van der Waals surface area (Å²) < 4.78 is 5.00. The Labute approximate surface area is 106 Å². The number of carbonyl (C=O) groups excluding carboxylic acids is 1. The van der Waals surface area contributed by atoms with Gasteiger partial charge in [0.25, 0.3) is 5.91 Å². The van der Waals surface area contributed by atoms with Crippen molar-refractivity contribution < 1.29 is 9.53 Å². The summed E-state index contributed by atoms with van der Waals surface area (Å²) >= 11 is 0. The molecule has 1 aromatic heterocycles. The normalized spacial score (nSPS) is 12.6. The quantitative estimate of drug-likeness (QED) is 0.850. The van der Waals surface area contributed by atoms with Crippen LogP contribution in [0.5, 0.6) is 0 Å². The van der Waals surface area contributed by atoms with Crippen molar-refractivity contribution in [2.75, 3.05) is 13.7 Å². The number of hydrogen-bond acceptors (Lipinski definition) is 2. The van der Waals surface area contributed by atoms with Gasteiger partial charge in [0, 0.05) is 31.3 Å². The minimum atomic E-state index is -0.0494. The number of amides is 1. The van der Waals surface area contributed by atoms with Crippen molar-refractivity contribution in [2.45, 2.75) is 19.4 Å². The van der Waals surface area contributed by atoms with Gasteiger partial charge in [0.1, 0.15) is 0 Å². The highest BCUT2D eigenvalue weighted by Gasteiger charge is 2.12. The molecule has 0 fully saturated rings. The largest absolute Gasteiger partial charge is 0.385 e. The zero-order valence-electron chi connectivity index (χ0n) is 10.7. The molecule has 2 N–H and O–H groups in total. The summed E-state index contributed by atoms with van der Waals surface area (Å²) in [5.41, 5.74) is 1.57. The predicted molar refractivity (Wildman–Crippen MR) is 71.7 cm³/mol. The molecule has 2 aromatic rings. The van der Waals surface area contributed by atoms with Gasteiger partial charge in [-0.15, -0.1) is 0 Å². The molecule has 0 bridgehead atoms. The number of para-hydroxylation sites is 1. The summed E-state index contributed by atoms with van der Waals surface area (Å²) in [5, 5.41) is 4.02. The van der Waals surface area contributed by atoms with Crippen molar-refractivity contribution in [2.24, 2.45) is 0 Å². The molecule has 96 valence electrons. The number of aromatic amines is 1. The number of hydrogen-bond donors (Lipinski definition) is 2. The Balaban J connectivity index is 2.11. The van der Waals surface area contributed by atoms with E-state index in [0.29, 0.717) is 12.2 Å². The van der Waals surface area contributed by atoms with Crippen molar-refractivity contribution in [1.29, 1.82) is 0 Å². The molecular formula is C14H18N2O2. The minimum absolute atomic E-state index is 0.0494. The van der Waals surface area contributed by atoms with Crippen molar-refractivity contribution in [1.82, 2.24) is 10.3 Å². The molecule has 4 nitrogen and oxygen atoms in total. The third-order valence-corrected chi connectivity index (χ3v) is 2.96. The standard InChI is InChI=1S/C14H18N2O2/c1-10(7-9-18-2)16-14(17)12-5-3-4-11-6-8-15-13(11)12/h3-6,8,10,15H,7,9H2,1-2H3,(H,16,17). The van der Waals surface area contributed by atoms with E-state index in [4.69, 9.17) is 4.74 Å². The van der Waals surface area contributed by atoms with Crippen LogP contribution in [0.4, 0.5) is 0 Å². The highest BCUT2D eigenvalue weighted by atomic mass is 16.5. The lowest BCUT2D eigenvalue weighted by molar-refractivity contribution is 0.0931. The molecule has 4 heteroatoms. The van der Waals surface area contributed by atoms with E-state index in [1.165, 1.54) is 0 Å². The van der Waals surface area contributed by atoms with Crippen LogP contribution in [-0.2, 0) is 4.74 Å². The summed E-state index contributed by atoms with van der Waals surface area (Å²) in [6.07, 6.45) is 2.65. The summed E-state index contributed by atoms with van der Waals surface area (Å²) in [5.74, 6) is -0.0494. The summed E-state index contributed by atoms with van der Waals surface area (Å²) in [4.78, 5) is 15.3. The van der Waals surface area contributed by atoms with E-state index in [1.54, 1.807) is 7.11 Å². The SMILES string of the molecule is COCCC(C)NC(=O)c1cccc2cc[nH]c12. The molecule has 0 spiro atoms. The molecule has 0 aliphatic rings. The second-order valence-corrected chi connectivity index (χ2v) is 4.40. The van der Waals surface area contributed by atoms with Gasteiger partial charge in [0.05, 0.1) is 11.1 Å². The number of methoxy groups -OCH3 is 1. The summed E-state index contributed by atoms with van der Waals surface area (Å²) in [7, 11) is 1.66. The van der Waals surface area contributed by atoms with Crippen LogP contribution in [0.3, 0.4) is 0 Å². The van der Waals surface area contributed by atoms with E-state index in [1.807, 2.05) is 37.4 Å². The number of rotatable bonds is 5. The number of carbonyl (C=O) groups is 1. The van der Waals surface area contributed by atoms with E-state index in [2.05, 4.69) is 10.3 Å². The maximum Gasteiger partial charge on any atom is 0.253 e. The van der Waals surface area contributed by atoms with Crippen LogP contribution >= 0.6 is 0 Å². The van der Waals surface area contributed by atoms with E-state index in [-0.39, 0.29) is 11.9 Å². The Hall–Kier alpha value is -1.81. The van der Waals surface area contributed by atoms with Gasteiger partial charge in [-0.05, 0) is 25.5 Å². The Morgan fingerprint density at radius 2 is 2.28 bits per heavy atom. The van der Waals surface area contributed by atoms with E-state index in [9.17, 15) is 4.79 Å². The Morgan fingerprint density at radius 1 is 1.44 bits per heavy atom. The monoisotopic (exact) mass is 246 g/mol. The third-order valence-electron chi connectivity index (χ3n) is 2.96. The van der Waals surface area contributed by atoms with Crippen LogP contribution in [0.25, 0.3) is 10.9 Å². The van der Waals surface area contributed by atoms with Crippen molar-refractivity contribution in [3.63, 3.8) is 0 Å². The zero-order chi connectivity index (χ0) is 13.0. The van der Waals surface area contributed by atoms with Crippen molar-refractivity contribution in [3.8, 4) is 0 Å². The van der Waals surface area contributed by atoms with Crippen LogP contribution in [-0.4, -0.2) is 30.6 Å². The van der Waals surface area contributed by atoms with Gasteiger partial charge < -0.3 is 15.0 Å². The van der Waals surface area contributed by atoms with Crippen LogP contribution in [0, 0.1) is 0 Å². The number of aromatic nitrogens is 1. The van der Waals surface area contributed by atoms with Gasteiger partial charge in [-0.25, -0.2) is 0 Å². The van der Waals surface area contributed by atoms with E-state index in [0.717, 1.165) is 17.3 Å². The third kappa shape index (κ3) is 2.71. The fraction of sp³-hybridized carbons (Fsp3) is 0.357. The Bertz CT molecular complexity index is 533. The fourth-order valence-corrected chi connectivity index (χ4v) is 1.94. The van der Waals surface area contributed by atoms with Crippen molar-refractivity contribution in [3.05, 3.63) is 36.0 Å². The summed E-state index contributed by atoms with van der Waals surface area (Å²) in [6.45, 7) is 2.62. The van der Waals surface area contributed by atoms with E-state index < -0.39 is 0 Å². The average Bonchev–Trinajstić information content (AvgIpc) is 2.84. The van der Waals surface area contributed by atoms with Crippen LogP contribution in [0.15, 0.2) is 30.5 Å². The maximum atomic E-state index is 12.2. The number of ether oxygens (including phenoxy) is 1. The lowest BCUT2D eigenvalue weighted by Crippen LogP contribution is -2.33. The molecule has 1 heterocycles. The van der Waals surface area contributed by atoms with Gasteiger partial charge in [-0.3, -0.25) is 4.79 Å². The number of fused-ring (bicyclic) bond motifs is 1. The number of benzene rings is 1. The molecule has 0 aliphatic heterocycles. The first-order valence-corrected chi connectivity index (χ1v) is 6.08. The molecule has 0 saturated heterocycles. The van der Waals surface area contributed by atoms with Gasteiger partial charge >= 0.3 is 0 Å². The molecule has 2 rings (SSSR count). The first-order chi connectivity index (χ1) is 8.72. The van der Waals surface area contributed by atoms with Crippen LogP contribution in [0.1, 0.15) is 23.7 Å².